The van der Waals surface area contributed by atoms with Crippen molar-refractivity contribution in [2.45, 2.75) is 11.8 Å². The van der Waals surface area contributed by atoms with E-state index in [2.05, 4.69) is 21.2 Å². The number of hydrogen-bond acceptors (Lipinski definition) is 4. The van der Waals surface area contributed by atoms with Crippen LogP contribution in [-0.2, 0) is 10.0 Å². The minimum Gasteiger partial charge on any atom is -0.398 e. The maximum atomic E-state index is 11.3. The molecule has 112 valence electrons. The highest BCUT2D eigenvalue weighted by atomic mass is 79.9. The summed E-state index contributed by atoms with van der Waals surface area (Å²) in [5, 5.41) is 8.80. The quantitative estimate of drug-likeness (QED) is 0.700. The molecule has 0 aliphatic carbocycles. The highest BCUT2D eigenvalue weighted by Gasteiger charge is 2.13. The summed E-state index contributed by atoms with van der Waals surface area (Å²) in [6.45, 7) is 1.90. The van der Waals surface area contributed by atoms with Crippen LogP contribution in [0.3, 0.4) is 0 Å². The van der Waals surface area contributed by atoms with Gasteiger partial charge in [0.25, 0.3) is 0 Å². The van der Waals surface area contributed by atoms with E-state index < -0.39 is 10.0 Å². The Balaban J connectivity index is 2.38. The molecule has 0 aromatic heterocycles. The maximum absolute atomic E-state index is 11.3. The normalized spacial score (nSPS) is 11.4. The second-order valence-corrected chi connectivity index (χ2v) is 7.30. The first kappa shape index (κ1) is 16.1. The molecule has 0 amide bonds. The lowest BCUT2D eigenvalue weighted by atomic mass is 10.2. The number of sulfonamides is 1. The lowest BCUT2D eigenvalue weighted by Gasteiger charge is -2.12. The number of nitrogen functional groups attached to an aromatic ring is 1. The zero-order valence-electron chi connectivity index (χ0n) is 11.0. The van der Waals surface area contributed by atoms with Crippen LogP contribution in [0.15, 0.2) is 39.7 Å². The third kappa shape index (κ3) is 3.68. The summed E-state index contributed by atoms with van der Waals surface area (Å²) in [4.78, 5) is -0.103. The van der Waals surface area contributed by atoms with E-state index >= 15 is 0 Å². The number of nitrogens with one attached hydrogen (secondary N) is 1. The first-order valence-electron chi connectivity index (χ1n) is 5.83. The third-order valence-electron chi connectivity index (χ3n) is 2.84. The molecule has 0 saturated carbocycles. The SMILES string of the molecule is Cc1cc(Br)c(Nc2ccc(S(N)(=O)=O)c(N)c2)cc1Cl. The van der Waals surface area contributed by atoms with Crippen LogP contribution in [0.4, 0.5) is 17.1 Å². The van der Waals surface area contributed by atoms with Gasteiger partial charge in [0.2, 0.25) is 10.0 Å². The van der Waals surface area contributed by atoms with Crippen molar-refractivity contribution >= 4 is 54.6 Å². The number of aryl methyl sites for hydroxylation is 1. The van der Waals surface area contributed by atoms with Crippen LogP contribution in [0.2, 0.25) is 5.02 Å². The predicted octanol–water partition coefficient (Wildman–Crippen LogP) is 3.38. The monoisotopic (exact) mass is 389 g/mol. The van der Waals surface area contributed by atoms with E-state index in [4.69, 9.17) is 22.5 Å². The van der Waals surface area contributed by atoms with Gasteiger partial charge in [-0.05, 0) is 58.7 Å². The fourth-order valence-electron chi connectivity index (χ4n) is 1.78. The molecule has 0 atom stereocenters. The van der Waals surface area contributed by atoms with Gasteiger partial charge >= 0.3 is 0 Å². The van der Waals surface area contributed by atoms with E-state index in [1.54, 1.807) is 12.1 Å². The smallest absolute Gasteiger partial charge is 0.240 e. The summed E-state index contributed by atoms with van der Waals surface area (Å²) in [7, 11) is -3.83. The topological polar surface area (TPSA) is 98.2 Å². The van der Waals surface area contributed by atoms with Crippen molar-refractivity contribution in [2.24, 2.45) is 5.14 Å². The summed E-state index contributed by atoms with van der Waals surface area (Å²) in [5.74, 6) is 0. The zero-order chi connectivity index (χ0) is 15.8. The first-order valence-corrected chi connectivity index (χ1v) is 8.55. The summed E-state index contributed by atoms with van der Waals surface area (Å²) < 4.78 is 23.5. The van der Waals surface area contributed by atoms with E-state index in [9.17, 15) is 8.42 Å². The molecule has 2 aromatic carbocycles. The fourth-order valence-corrected chi connectivity index (χ4v) is 3.15. The van der Waals surface area contributed by atoms with Gasteiger partial charge in [-0.15, -0.1) is 0 Å². The Morgan fingerprint density at radius 1 is 1.24 bits per heavy atom. The molecule has 0 saturated heterocycles. The van der Waals surface area contributed by atoms with Crippen LogP contribution >= 0.6 is 27.5 Å². The summed E-state index contributed by atoms with van der Waals surface area (Å²) in [5.41, 5.74) is 8.11. The zero-order valence-corrected chi connectivity index (χ0v) is 14.2. The van der Waals surface area contributed by atoms with Crippen LogP contribution in [0, 0.1) is 6.92 Å². The minimum absolute atomic E-state index is 0.0804. The van der Waals surface area contributed by atoms with Crippen molar-refractivity contribution < 1.29 is 8.42 Å². The molecule has 2 aromatic rings. The average molecular weight is 391 g/mol. The minimum atomic E-state index is -3.83. The van der Waals surface area contributed by atoms with E-state index in [1.807, 2.05) is 13.0 Å². The van der Waals surface area contributed by atoms with Crippen LogP contribution in [0.25, 0.3) is 0 Å². The molecule has 0 aliphatic heterocycles. The standard InChI is InChI=1S/C13H13BrClN3O2S/c1-7-4-9(14)12(6-10(7)15)18-8-2-3-13(11(16)5-8)21(17,19)20/h2-6,18H,16H2,1H3,(H2,17,19,20). The highest BCUT2D eigenvalue weighted by molar-refractivity contribution is 9.10. The Morgan fingerprint density at radius 3 is 2.48 bits per heavy atom. The molecule has 0 fully saturated rings. The molecule has 0 aliphatic rings. The summed E-state index contributed by atoms with van der Waals surface area (Å²) in [6.07, 6.45) is 0. The highest BCUT2D eigenvalue weighted by Crippen LogP contribution is 2.32. The second kappa shape index (κ2) is 5.84. The lowest BCUT2D eigenvalue weighted by Crippen LogP contribution is -2.14. The van der Waals surface area contributed by atoms with Crippen LogP contribution in [-0.4, -0.2) is 8.42 Å². The molecule has 21 heavy (non-hydrogen) atoms. The van der Waals surface area contributed by atoms with Gasteiger partial charge in [-0.3, -0.25) is 0 Å². The fraction of sp³-hybridized carbons (Fsp3) is 0.0769. The summed E-state index contributed by atoms with van der Waals surface area (Å²) in [6, 6.07) is 8.09. The summed E-state index contributed by atoms with van der Waals surface area (Å²) >= 11 is 9.52. The van der Waals surface area contributed by atoms with E-state index in [0.717, 1.165) is 15.7 Å². The Morgan fingerprint density at radius 2 is 1.90 bits per heavy atom. The molecule has 0 radical (unpaired) electrons. The third-order valence-corrected chi connectivity index (χ3v) is 4.89. The average Bonchev–Trinajstić information content (AvgIpc) is 2.34. The van der Waals surface area contributed by atoms with Crippen molar-refractivity contribution in [2.75, 3.05) is 11.1 Å². The van der Waals surface area contributed by atoms with Crippen molar-refractivity contribution in [1.82, 2.24) is 0 Å². The Bertz CT molecular complexity index is 809. The molecule has 5 nitrogen and oxygen atoms in total. The van der Waals surface area contributed by atoms with E-state index in [1.165, 1.54) is 12.1 Å². The van der Waals surface area contributed by atoms with Gasteiger partial charge in [0.05, 0.1) is 11.4 Å². The molecule has 0 bridgehead atoms. The van der Waals surface area contributed by atoms with Gasteiger partial charge in [-0.1, -0.05) is 11.6 Å². The largest absolute Gasteiger partial charge is 0.398 e. The van der Waals surface area contributed by atoms with Crippen LogP contribution < -0.4 is 16.2 Å². The van der Waals surface area contributed by atoms with E-state index in [-0.39, 0.29) is 10.6 Å². The molecule has 0 heterocycles. The van der Waals surface area contributed by atoms with Crippen LogP contribution in [0.1, 0.15) is 5.56 Å². The molecule has 5 N–H and O–H groups in total. The number of anilines is 3. The molecule has 8 heteroatoms. The van der Waals surface area contributed by atoms with Gasteiger partial charge in [0.15, 0.2) is 0 Å². The number of benzene rings is 2. The van der Waals surface area contributed by atoms with Gasteiger partial charge in [-0.2, -0.15) is 0 Å². The predicted molar refractivity (Wildman–Crippen MR) is 89.4 cm³/mol. The molecular weight excluding hydrogens is 378 g/mol. The van der Waals surface area contributed by atoms with Crippen molar-refractivity contribution in [1.29, 1.82) is 0 Å². The van der Waals surface area contributed by atoms with E-state index in [0.29, 0.717) is 10.7 Å². The Hall–Kier alpha value is -1.28. The Labute approximate surface area is 136 Å². The number of nitrogens with two attached hydrogens (primary N) is 2. The molecular formula is C13H13BrClN3O2S. The number of hydrogen-bond donors (Lipinski definition) is 3. The van der Waals surface area contributed by atoms with Gasteiger partial charge in [0.1, 0.15) is 4.90 Å². The Kier molecular flexibility index (Phi) is 4.48. The number of primary sulfonamides is 1. The van der Waals surface area contributed by atoms with Gasteiger partial charge < -0.3 is 11.1 Å². The molecule has 0 spiro atoms. The first-order chi connectivity index (χ1) is 9.68. The molecule has 2 rings (SSSR count). The number of rotatable bonds is 3. The van der Waals surface area contributed by atoms with Crippen molar-refractivity contribution in [3.8, 4) is 0 Å². The van der Waals surface area contributed by atoms with Crippen LogP contribution in [0.5, 0.6) is 0 Å². The number of halogens is 2. The molecule has 0 unspecified atom stereocenters. The maximum Gasteiger partial charge on any atom is 0.240 e. The second-order valence-electron chi connectivity index (χ2n) is 4.50. The van der Waals surface area contributed by atoms with Gasteiger partial charge in [0, 0.05) is 15.2 Å². The van der Waals surface area contributed by atoms with Crippen molar-refractivity contribution in [3.05, 3.63) is 45.4 Å². The van der Waals surface area contributed by atoms with Crippen molar-refractivity contribution in [3.63, 3.8) is 0 Å². The van der Waals surface area contributed by atoms with Gasteiger partial charge in [-0.25, -0.2) is 13.6 Å². The lowest BCUT2D eigenvalue weighted by molar-refractivity contribution is 0.598.